The van der Waals surface area contributed by atoms with Crippen molar-refractivity contribution in [1.82, 2.24) is 9.21 Å². The summed E-state index contributed by atoms with van der Waals surface area (Å²) in [5.74, 6) is 0.399. The van der Waals surface area contributed by atoms with Crippen molar-refractivity contribution in [3.63, 3.8) is 0 Å². The third-order valence-electron chi connectivity index (χ3n) is 3.62. The Labute approximate surface area is 132 Å². The molecule has 0 saturated carbocycles. The Morgan fingerprint density at radius 1 is 1.23 bits per heavy atom. The van der Waals surface area contributed by atoms with Crippen molar-refractivity contribution >= 4 is 10.0 Å². The highest BCUT2D eigenvalue weighted by Gasteiger charge is 2.30. The number of rotatable bonds is 6. The van der Waals surface area contributed by atoms with Crippen LogP contribution in [0.5, 0.6) is 5.75 Å². The summed E-state index contributed by atoms with van der Waals surface area (Å²) in [4.78, 5) is 2.30. The number of para-hydroxylation sites is 1. The second kappa shape index (κ2) is 7.41. The van der Waals surface area contributed by atoms with Gasteiger partial charge in [-0.3, -0.25) is 4.90 Å². The first-order valence-electron chi connectivity index (χ1n) is 7.57. The maximum Gasteiger partial charge on any atom is 0.246 e. The molecule has 1 atom stereocenters. The smallest absolute Gasteiger partial charge is 0.246 e. The number of sulfonamides is 1. The molecule has 1 aromatic carbocycles. The first-order chi connectivity index (χ1) is 10.4. The summed E-state index contributed by atoms with van der Waals surface area (Å²) in [6.45, 7) is 6.67. The molecule has 1 saturated heterocycles. The standard InChI is InChI=1S/C15H24N2O4S/c1-3-21-14-6-4-5-7-15(14)22(19,20)17-10-8-16(9-11-17)12-13(2)18/h4-7,13,18H,3,8-12H2,1-2H3. The van der Waals surface area contributed by atoms with E-state index in [4.69, 9.17) is 4.74 Å². The Bertz CT molecular complexity index is 581. The summed E-state index contributed by atoms with van der Waals surface area (Å²) in [5.41, 5.74) is 0. The third-order valence-corrected chi connectivity index (χ3v) is 5.56. The molecule has 7 heteroatoms. The van der Waals surface area contributed by atoms with E-state index < -0.39 is 16.1 Å². The van der Waals surface area contributed by atoms with E-state index in [0.29, 0.717) is 45.1 Å². The van der Waals surface area contributed by atoms with Crippen molar-refractivity contribution in [2.45, 2.75) is 24.8 Å². The molecule has 0 bridgehead atoms. The van der Waals surface area contributed by atoms with Gasteiger partial charge in [0.15, 0.2) is 0 Å². The van der Waals surface area contributed by atoms with Gasteiger partial charge in [0.05, 0.1) is 12.7 Å². The Morgan fingerprint density at radius 2 is 1.86 bits per heavy atom. The summed E-state index contributed by atoms with van der Waals surface area (Å²) in [5, 5.41) is 9.41. The fourth-order valence-electron chi connectivity index (χ4n) is 2.60. The molecule has 2 rings (SSSR count). The van der Waals surface area contributed by atoms with Gasteiger partial charge >= 0.3 is 0 Å². The number of nitrogens with zero attached hydrogens (tertiary/aromatic N) is 2. The predicted octanol–water partition coefficient (Wildman–Crippen LogP) is 0.772. The number of β-amino-alcohol motifs (C(OH)–C–C–N with tert-alkyl or cyclic N) is 1. The molecule has 0 radical (unpaired) electrons. The van der Waals surface area contributed by atoms with Gasteiger partial charge in [-0.2, -0.15) is 4.31 Å². The van der Waals surface area contributed by atoms with Gasteiger partial charge in [0, 0.05) is 32.7 Å². The molecule has 1 aromatic rings. The highest BCUT2D eigenvalue weighted by Crippen LogP contribution is 2.27. The van der Waals surface area contributed by atoms with E-state index in [0.717, 1.165) is 0 Å². The van der Waals surface area contributed by atoms with E-state index in [1.165, 1.54) is 4.31 Å². The first-order valence-corrected chi connectivity index (χ1v) is 9.01. The molecule has 6 nitrogen and oxygen atoms in total. The fourth-order valence-corrected chi connectivity index (χ4v) is 4.16. The van der Waals surface area contributed by atoms with Crippen LogP contribution < -0.4 is 4.74 Å². The highest BCUT2D eigenvalue weighted by atomic mass is 32.2. The molecular formula is C15H24N2O4S. The number of aliphatic hydroxyl groups is 1. The normalized spacial score (nSPS) is 19.0. The zero-order valence-electron chi connectivity index (χ0n) is 13.1. The Balaban J connectivity index is 2.12. The quantitative estimate of drug-likeness (QED) is 0.835. The van der Waals surface area contributed by atoms with Crippen LogP contribution >= 0.6 is 0 Å². The van der Waals surface area contributed by atoms with E-state index in [9.17, 15) is 13.5 Å². The molecule has 1 heterocycles. The zero-order chi connectivity index (χ0) is 16.2. The van der Waals surface area contributed by atoms with Crippen LogP contribution in [0.25, 0.3) is 0 Å². The fraction of sp³-hybridized carbons (Fsp3) is 0.600. The van der Waals surface area contributed by atoms with E-state index >= 15 is 0 Å². The lowest BCUT2D eigenvalue weighted by molar-refractivity contribution is 0.103. The Kier molecular flexibility index (Phi) is 5.80. The lowest BCUT2D eigenvalue weighted by Crippen LogP contribution is -2.50. The maximum atomic E-state index is 12.8. The molecule has 124 valence electrons. The highest BCUT2D eigenvalue weighted by molar-refractivity contribution is 7.89. The summed E-state index contributed by atoms with van der Waals surface area (Å²) >= 11 is 0. The second-order valence-corrected chi connectivity index (χ2v) is 7.34. The molecule has 1 aliphatic rings. The number of aliphatic hydroxyl groups excluding tert-OH is 1. The molecule has 0 aliphatic carbocycles. The van der Waals surface area contributed by atoms with Crippen LogP contribution in [0.3, 0.4) is 0 Å². The summed E-state index contributed by atoms with van der Waals surface area (Å²) < 4.78 is 32.5. The van der Waals surface area contributed by atoms with Crippen molar-refractivity contribution in [3.8, 4) is 5.75 Å². The second-order valence-electron chi connectivity index (χ2n) is 5.43. The van der Waals surface area contributed by atoms with Gasteiger partial charge in [-0.15, -0.1) is 0 Å². The Morgan fingerprint density at radius 3 is 2.45 bits per heavy atom. The number of benzene rings is 1. The molecule has 0 spiro atoms. The number of piperazine rings is 1. The minimum Gasteiger partial charge on any atom is -0.492 e. The van der Waals surface area contributed by atoms with Crippen LogP contribution in [0.15, 0.2) is 29.2 Å². The van der Waals surface area contributed by atoms with Crippen LogP contribution in [-0.4, -0.2) is 68.2 Å². The van der Waals surface area contributed by atoms with Gasteiger partial charge < -0.3 is 9.84 Å². The lowest BCUT2D eigenvalue weighted by Gasteiger charge is -2.34. The van der Waals surface area contributed by atoms with Gasteiger partial charge in [-0.1, -0.05) is 12.1 Å². The van der Waals surface area contributed by atoms with Crippen LogP contribution in [0.4, 0.5) is 0 Å². The van der Waals surface area contributed by atoms with Crippen LogP contribution in [0, 0.1) is 0 Å². The number of ether oxygens (including phenoxy) is 1. The largest absolute Gasteiger partial charge is 0.492 e. The van der Waals surface area contributed by atoms with Crippen molar-refractivity contribution in [2.24, 2.45) is 0 Å². The van der Waals surface area contributed by atoms with Gasteiger partial charge in [-0.05, 0) is 26.0 Å². The third kappa shape index (κ3) is 3.98. The molecule has 1 N–H and O–H groups in total. The van der Waals surface area contributed by atoms with E-state index in [1.54, 1.807) is 31.2 Å². The number of hydrogen-bond donors (Lipinski definition) is 1. The summed E-state index contributed by atoms with van der Waals surface area (Å²) in [6, 6.07) is 6.74. The monoisotopic (exact) mass is 328 g/mol. The van der Waals surface area contributed by atoms with Gasteiger partial charge in [0.1, 0.15) is 10.6 Å². The van der Waals surface area contributed by atoms with E-state index in [2.05, 4.69) is 4.90 Å². The zero-order valence-corrected chi connectivity index (χ0v) is 13.9. The van der Waals surface area contributed by atoms with Crippen LogP contribution in [0.2, 0.25) is 0 Å². The summed E-state index contributed by atoms with van der Waals surface area (Å²) in [7, 11) is -3.55. The molecule has 1 fully saturated rings. The molecular weight excluding hydrogens is 304 g/mol. The lowest BCUT2D eigenvalue weighted by atomic mass is 10.3. The topological polar surface area (TPSA) is 70.1 Å². The predicted molar refractivity (Wildman–Crippen MR) is 84.5 cm³/mol. The number of hydrogen-bond acceptors (Lipinski definition) is 5. The van der Waals surface area contributed by atoms with E-state index in [1.807, 2.05) is 6.92 Å². The summed E-state index contributed by atoms with van der Waals surface area (Å²) in [6.07, 6.45) is -0.401. The molecule has 0 amide bonds. The van der Waals surface area contributed by atoms with Gasteiger partial charge in [-0.25, -0.2) is 8.42 Å². The van der Waals surface area contributed by atoms with Crippen LogP contribution in [0.1, 0.15) is 13.8 Å². The maximum absolute atomic E-state index is 12.8. The SMILES string of the molecule is CCOc1ccccc1S(=O)(=O)N1CCN(CC(C)O)CC1. The average molecular weight is 328 g/mol. The molecule has 1 aliphatic heterocycles. The van der Waals surface area contributed by atoms with Crippen molar-refractivity contribution < 1.29 is 18.3 Å². The minimum atomic E-state index is -3.55. The molecule has 22 heavy (non-hydrogen) atoms. The van der Waals surface area contributed by atoms with Crippen molar-refractivity contribution in [1.29, 1.82) is 0 Å². The molecule has 0 aromatic heterocycles. The average Bonchev–Trinajstić information content (AvgIpc) is 2.48. The van der Waals surface area contributed by atoms with Gasteiger partial charge in [0.2, 0.25) is 10.0 Å². The van der Waals surface area contributed by atoms with Crippen molar-refractivity contribution in [3.05, 3.63) is 24.3 Å². The van der Waals surface area contributed by atoms with E-state index in [-0.39, 0.29) is 4.90 Å². The first kappa shape index (κ1) is 17.2. The van der Waals surface area contributed by atoms with Gasteiger partial charge in [0.25, 0.3) is 0 Å². The van der Waals surface area contributed by atoms with Crippen molar-refractivity contribution in [2.75, 3.05) is 39.3 Å². The minimum absolute atomic E-state index is 0.223. The molecule has 1 unspecified atom stereocenters. The Hall–Kier alpha value is -1.15. The van der Waals surface area contributed by atoms with Crippen LogP contribution in [-0.2, 0) is 10.0 Å².